The molecule has 1 saturated heterocycles. The Kier molecular flexibility index (Phi) is 5.36. The average molecular weight is 326 g/mol. The minimum Gasteiger partial charge on any atom is -0.379 e. The Morgan fingerprint density at radius 2 is 2.00 bits per heavy atom. The molecule has 1 aromatic heterocycles. The van der Waals surface area contributed by atoms with Crippen LogP contribution in [-0.2, 0) is 4.74 Å². The first-order valence-electron chi connectivity index (χ1n) is 7.94. The maximum absolute atomic E-state index is 13.2. The van der Waals surface area contributed by atoms with E-state index in [1.807, 2.05) is 0 Å². The Bertz CT molecular complexity index is 708. The molecule has 1 aliphatic heterocycles. The number of benzene rings is 1. The molecule has 1 atom stereocenters. The first kappa shape index (κ1) is 16.4. The summed E-state index contributed by atoms with van der Waals surface area (Å²) < 4.78 is 18.7. The molecule has 2 aromatic rings. The van der Waals surface area contributed by atoms with Crippen molar-refractivity contribution in [3.05, 3.63) is 59.5 Å². The molecule has 0 saturated carbocycles. The topological polar surface area (TPSA) is 61.2 Å². The summed E-state index contributed by atoms with van der Waals surface area (Å²) in [6.07, 6.45) is 1.66. The molecule has 1 fully saturated rings. The number of aromatic nitrogens is 1. The zero-order valence-corrected chi connectivity index (χ0v) is 13.3. The van der Waals surface area contributed by atoms with Crippen molar-refractivity contribution in [2.45, 2.75) is 6.04 Å². The largest absolute Gasteiger partial charge is 0.379 e. The third-order valence-electron chi connectivity index (χ3n) is 4.13. The molecule has 3 rings (SSSR count). The van der Waals surface area contributed by atoms with Crippen LogP contribution in [0.5, 0.6) is 0 Å². The zero-order chi connectivity index (χ0) is 16.8. The van der Waals surface area contributed by atoms with Gasteiger partial charge in [0.15, 0.2) is 0 Å². The zero-order valence-electron chi connectivity index (χ0n) is 13.3. The SMILES string of the molecule is N#Cc1cccnc1NC[C@H](c1ccc(F)cc1)N1CCOCC1. The van der Waals surface area contributed by atoms with Crippen molar-refractivity contribution in [2.24, 2.45) is 0 Å². The predicted molar refractivity (Wildman–Crippen MR) is 89.0 cm³/mol. The standard InChI is InChI=1S/C18H19FN4O/c19-16-5-3-14(4-6-16)17(23-8-10-24-11-9-23)13-22-18-15(12-20)2-1-7-21-18/h1-7,17H,8-11,13H2,(H,21,22)/t17-/m1/s1. The summed E-state index contributed by atoms with van der Waals surface area (Å²) in [5, 5.41) is 12.4. The van der Waals surface area contributed by atoms with Crippen LogP contribution in [-0.4, -0.2) is 42.7 Å². The summed E-state index contributed by atoms with van der Waals surface area (Å²) in [4.78, 5) is 6.54. The fourth-order valence-corrected chi connectivity index (χ4v) is 2.86. The number of hydrogen-bond donors (Lipinski definition) is 1. The van der Waals surface area contributed by atoms with Crippen LogP contribution < -0.4 is 5.32 Å². The highest BCUT2D eigenvalue weighted by Gasteiger charge is 2.23. The van der Waals surface area contributed by atoms with E-state index in [1.54, 1.807) is 30.5 Å². The maximum atomic E-state index is 13.2. The van der Waals surface area contributed by atoms with Crippen LogP contribution in [0.15, 0.2) is 42.6 Å². The summed E-state index contributed by atoms with van der Waals surface area (Å²) in [5.74, 6) is 0.323. The van der Waals surface area contributed by atoms with Crippen molar-refractivity contribution >= 4 is 5.82 Å². The summed E-state index contributed by atoms with van der Waals surface area (Å²) in [5.41, 5.74) is 1.54. The van der Waals surface area contributed by atoms with E-state index in [9.17, 15) is 9.65 Å². The lowest BCUT2D eigenvalue weighted by Crippen LogP contribution is -2.41. The summed E-state index contributed by atoms with van der Waals surface area (Å²) in [6, 6.07) is 12.2. The van der Waals surface area contributed by atoms with Crippen molar-refractivity contribution in [1.82, 2.24) is 9.88 Å². The van der Waals surface area contributed by atoms with Gasteiger partial charge in [-0.3, -0.25) is 4.90 Å². The van der Waals surface area contributed by atoms with E-state index in [-0.39, 0.29) is 11.9 Å². The Morgan fingerprint density at radius 1 is 1.25 bits per heavy atom. The van der Waals surface area contributed by atoms with Gasteiger partial charge in [-0.15, -0.1) is 0 Å². The van der Waals surface area contributed by atoms with Crippen molar-refractivity contribution in [3.8, 4) is 6.07 Å². The molecule has 0 amide bonds. The van der Waals surface area contributed by atoms with Crippen molar-refractivity contribution < 1.29 is 9.13 Å². The first-order valence-corrected chi connectivity index (χ1v) is 7.94. The van der Waals surface area contributed by atoms with Gasteiger partial charge in [0.25, 0.3) is 0 Å². The number of nitriles is 1. The number of anilines is 1. The maximum Gasteiger partial charge on any atom is 0.143 e. The molecule has 1 aliphatic rings. The van der Waals surface area contributed by atoms with Crippen LogP contribution in [0.4, 0.5) is 10.2 Å². The van der Waals surface area contributed by atoms with E-state index in [0.29, 0.717) is 31.1 Å². The van der Waals surface area contributed by atoms with Gasteiger partial charge >= 0.3 is 0 Å². The van der Waals surface area contributed by atoms with Crippen molar-refractivity contribution in [1.29, 1.82) is 5.26 Å². The molecule has 0 unspecified atom stereocenters. The van der Waals surface area contributed by atoms with E-state index in [0.717, 1.165) is 18.7 Å². The van der Waals surface area contributed by atoms with E-state index < -0.39 is 0 Å². The molecule has 0 bridgehead atoms. The lowest BCUT2D eigenvalue weighted by molar-refractivity contribution is 0.0187. The highest BCUT2D eigenvalue weighted by molar-refractivity contribution is 5.51. The van der Waals surface area contributed by atoms with E-state index in [2.05, 4.69) is 21.3 Å². The first-order chi connectivity index (χ1) is 11.8. The molecule has 0 spiro atoms. The molecule has 5 nitrogen and oxygen atoms in total. The molecule has 24 heavy (non-hydrogen) atoms. The quantitative estimate of drug-likeness (QED) is 0.915. The molecule has 1 N–H and O–H groups in total. The number of halogens is 1. The molecule has 0 aliphatic carbocycles. The molecule has 124 valence electrons. The summed E-state index contributed by atoms with van der Waals surface area (Å²) in [6.45, 7) is 3.58. The fraction of sp³-hybridized carbons (Fsp3) is 0.333. The van der Waals surface area contributed by atoms with Crippen molar-refractivity contribution in [2.75, 3.05) is 38.2 Å². The Balaban J connectivity index is 1.79. The molecule has 0 radical (unpaired) electrons. The van der Waals surface area contributed by atoms with Gasteiger partial charge in [-0.2, -0.15) is 5.26 Å². The van der Waals surface area contributed by atoms with Gasteiger partial charge in [0.2, 0.25) is 0 Å². The lowest BCUT2D eigenvalue weighted by Gasteiger charge is -2.35. The second-order valence-corrected chi connectivity index (χ2v) is 5.61. The minimum atomic E-state index is -0.246. The van der Waals surface area contributed by atoms with Crippen LogP contribution in [0, 0.1) is 17.1 Å². The van der Waals surface area contributed by atoms with Crippen LogP contribution in [0.3, 0.4) is 0 Å². The Hall–Kier alpha value is -2.49. The van der Waals surface area contributed by atoms with Gasteiger partial charge in [0.1, 0.15) is 17.7 Å². The number of morpholine rings is 1. The third kappa shape index (κ3) is 3.88. The lowest BCUT2D eigenvalue weighted by atomic mass is 10.0. The number of nitrogens with zero attached hydrogens (tertiary/aromatic N) is 3. The predicted octanol–water partition coefficient (Wildman–Crippen LogP) is 2.58. The van der Waals surface area contributed by atoms with Gasteiger partial charge < -0.3 is 10.1 Å². The van der Waals surface area contributed by atoms with Crippen LogP contribution in [0.1, 0.15) is 17.2 Å². The van der Waals surface area contributed by atoms with Gasteiger partial charge in [0, 0.05) is 25.8 Å². The normalized spacial score (nSPS) is 16.3. The van der Waals surface area contributed by atoms with Gasteiger partial charge in [-0.1, -0.05) is 12.1 Å². The van der Waals surface area contributed by atoms with Crippen molar-refractivity contribution in [3.63, 3.8) is 0 Å². The van der Waals surface area contributed by atoms with E-state index in [1.165, 1.54) is 12.1 Å². The molecule has 6 heteroatoms. The smallest absolute Gasteiger partial charge is 0.143 e. The minimum absolute atomic E-state index is 0.0584. The van der Waals surface area contributed by atoms with E-state index >= 15 is 0 Å². The van der Waals surface area contributed by atoms with Crippen LogP contribution in [0.25, 0.3) is 0 Å². The number of ether oxygens (including phenoxy) is 1. The highest BCUT2D eigenvalue weighted by atomic mass is 19.1. The van der Waals surface area contributed by atoms with Gasteiger partial charge in [-0.05, 0) is 29.8 Å². The average Bonchev–Trinajstić information content (AvgIpc) is 2.64. The molecular formula is C18H19FN4O. The summed E-state index contributed by atoms with van der Waals surface area (Å²) in [7, 11) is 0. The Labute approximate surface area is 140 Å². The van der Waals surface area contributed by atoms with Crippen LogP contribution in [0.2, 0.25) is 0 Å². The number of hydrogen-bond acceptors (Lipinski definition) is 5. The number of nitrogens with one attached hydrogen (secondary N) is 1. The van der Waals surface area contributed by atoms with Gasteiger partial charge in [0.05, 0.1) is 24.8 Å². The van der Waals surface area contributed by atoms with Gasteiger partial charge in [-0.25, -0.2) is 9.37 Å². The number of pyridine rings is 1. The third-order valence-corrected chi connectivity index (χ3v) is 4.13. The van der Waals surface area contributed by atoms with E-state index in [4.69, 9.17) is 4.74 Å². The second kappa shape index (κ2) is 7.86. The summed E-state index contributed by atoms with van der Waals surface area (Å²) >= 11 is 0. The molecule has 2 heterocycles. The highest BCUT2D eigenvalue weighted by Crippen LogP contribution is 2.23. The Morgan fingerprint density at radius 3 is 2.71 bits per heavy atom. The molecule has 1 aromatic carbocycles. The fourth-order valence-electron chi connectivity index (χ4n) is 2.86. The monoisotopic (exact) mass is 326 g/mol. The van der Waals surface area contributed by atoms with Crippen LogP contribution >= 0.6 is 0 Å². The molecular weight excluding hydrogens is 307 g/mol. The number of rotatable bonds is 5. The second-order valence-electron chi connectivity index (χ2n) is 5.61.